The Balaban J connectivity index is 2.33. The van der Waals surface area contributed by atoms with Crippen LogP contribution in [0.2, 0.25) is 0 Å². The van der Waals surface area contributed by atoms with E-state index in [1.807, 2.05) is 33.8 Å². The SMILES string of the molecule is CCn1c(C)nc2c(C3=NC(C)(C(C)C)C(=O)N3)c(C(=O)OC)ccc21. The number of benzene rings is 1. The summed E-state index contributed by atoms with van der Waals surface area (Å²) < 4.78 is 6.99. The normalized spacial score (nSPS) is 19.8. The summed E-state index contributed by atoms with van der Waals surface area (Å²) in [5, 5.41) is 2.85. The van der Waals surface area contributed by atoms with Gasteiger partial charge in [-0.25, -0.2) is 9.78 Å². The topological polar surface area (TPSA) is 85.6 Å². The summed E-state index contributed by atoms with van der Waals surface area (Å²) in [6.45, 7) is 10.4. The maximum absolute atomic E-state index is 12.6. The zero-order valence-electron chi connectivity index (χ0n) is 16.0. The number of hydrogen-bond acceptors (Lipinski definition) is 5. The number of carbonyl (C=O) groups is 2. The predicted octanol–water partition coefficient (Wildman–Crippen LogP) is 2.44. The molecule has 0 fully saturated rings. The molecular formula is C19H24N4O3. The molecule has 2 aromatic rings. The Morgan fingerprint density at radius 3 is 2.62 bits per heavy atom. The lowest BCUT2D eigenvalue weighted by Crippen LogP contribution is -2.41. The molecule has 0 aliphatic carbocycles. The molecule has 0 bridgehead atoms. The monoisotopic (exact) mass is 356 g/mol. The third-order valence-corrected chi connectivity index (χ3v) is 5.23. The quantitative estimate of drug-likeness (QED) is 0.853. The summed E-state index contributed by atoms with van der Waals surface area (Å²) in [4.78, 5) is 34.2. The molecule has 3 rings (SSSR count). The number of hydrogen-bond donors (Lipinski definition) is 1. The second kappa shape index (κ2) is 6.23. The van der Waals surface area contributed by atoms with Gasteiger partial charge < -0.3 is 14.6 Å². The van der Waals surface area contributed by atoms with Crippen molar-refractivity contribution in [2.75, 3.05) is 7.11 Å². The molecule has 26 heavy (non-hydrogen) atoms. The predicted molar refractivity (Wildman–Crippen MR) is 99.4 cm³/mol. The molecule has 1 aromatic carbocycles. The van der Waals surface area contributed by atoms with Crippen LogP contribution in [0.15, 0.2) is 17.1 Å². The van der Waals surface area contributed by atoms with Gasteiger partial charge in [-0.1, -0.05) is 13.8 Å². The Labute approximate surface area is 152 Å². The first-order valence-electron chi connectivity index (χ1n) is 8.74. The maximum atomic E-state index is 12.6. The van der Waals surface area contributed by atoms with Gasteiger partial charge in [-0.2, -0.15) is 0 Å². The Morgan fingerprint density at radius 2 is 2.08 bits per heavy atom. The summed E-state index contributed by atoms with van der Waals surface area (Å²) in [5.41, 5.74) is 1.50. The van der Waals surface area contributed by atoms with Crippen molar-refractivity contribution in [3.05, 3.63) is 29.1 Å². The number of rotatable bonds is 4. The molecule has 1 N–H and O–H groups in total. The lowest BCUT2D eigenvalue weighted by Gasteiger charge is -2.21. The van der Waals surface area contributed by atoms with Gasteiger partial charge in [0.1, 0.15) is 22.7 Å². The zero-order chi connectivity index (χ0) is 19.2. The van der Waals surface area contributed by atoms with E-state index in [2.05, 4.69) is 19.9 Å². The molecule has 2 heterocycles. The minimum Gasteiger partial charge on any atom is -0.465 e. The van der Waals surface area contributed by atoms with Crippen LogP contribution in [0.1, 0.15) is 49.4 Å². The van der Waals surface area contributed by atoms with E-state index in [1.54, 1.807) is 13.0 Å². The number of aryl methyl sites for hydroxylation is 2. The summed E-state index contributed by atoms with van der Waals surface area (Å²) >= 11 is 0. The third kappa shape index (κ3) is 2.50. The van der Waals surface area contributed by atoms with Gasteiger partial charge in [-0.15, -0.1) is 0 Å². The van der Waals surface area contributed by atoms with Crippen LogP contribution >= 0.6 is 0 Å². The number of ether oxygens (including phenoxy) is 1. The van der Waals surface area contributed by atoms with Crippen LogP contribution < -0.4 is 5.32 Å². The highest BCUT2D eigenvalue weighted by Gasteiger charge is 2.43. The van der Waals surface area contributed by atoms with Gasteiger partial charge in [0.2, 0.25) is 0 Å². The van der Waals surface area contributed by atoms with Crippen molar-refractivity contribution in [2.45, 2.75) is 46.7 Å². The van der Waals surface area contributed by atoms with E-state index < -0.39 is 11.5 Å². The lowest BCUT2D eigenvalue weighted by molar-refractivity contribution is -0.124. The third-order valence-electron chi connectivity index (χ3n) is 5.23. The van der Waals surface area contributed by atoms with Crippen LogP contribution in [0.3, 0.4) is 0 Å². The van der Waals surface area contributed by atoms with Crippen LogP contribution in [0.4, 0.5) is 0 Å². The summed E-state index contributed by atoms with van der Waals surface area (Å²) in [6.07, 6.45) is 0. The molecule has 0 saturated heterocycles. The Morgan fingerprint density at radius 1 is 1.38 bits per heavy atom. The van der Waals surface area contributed by atoms with Gasteiger partial charge in [0, 0.05) is 6.54 Å². The number of aliphatic imine (C=N–C) groups is 1. The number of aromatic nitrogens is 2. The molecular weight excluding hydrogens is 332 g/mol. The highest BCUT2D eigenvalue weighted by atomic mass is 16.5. The fourth-order valence-electron chi connectivity index (χ4n) is 3.28. The van der Waals surface area contributed by atoms with E-state index in [0.717, 1.165) is 17.9 Å². The average molecular weight is 356 g/mol. The molecule has 1 aliphatic rings. The number of carbonyl (C=O) groups excluding carboxylic acids is 2. The molecule has 0 saturated carbocycles. The number of fused-ring (bicyclic) bond motifs is 1. The molecule has 138 valence electrons. The molecule has 1 atom stereocenters. The highest BCUT2D eigenvalue weighted by molar-refractivity contribution is 6.22. The first kappa shape index (κ1) is 18.1. The number of esters is 1. The first-order chi connectivity index (χ1) is 12.2. The molecule has 1 unspecified atom stereocenters. The number of nitrogens with zero attached hydrogens (tertiary/aromatic N) is 3. The van der Waals surface area contributed by atoms with Crippen molar-refractivity contribution in [3.63, 3.8) is 0 Å². The van der Waals surface area contributed by atoms with E-state index in [9.17, 15) is 9.59 Å². The second-order valence-electron chi connectivity index (χ2n) is 6.97. The number of amides is 1. The van der Waals surface area contributed by atoms with Crippen LogP contribution in [0, 0.1) is 12.8 Å². The largest absolute Gasteiger partial charge is 0.465 e. The van der Waals surface area contributed by atoms with E-state index in [0.29, 0.717) is 22.5 Å². The van der Waals surface area contributed by atoms with Crippen LogP contribution in [-0.4, -0.2) is 39.9 Å². The summed E-state index contributed by atoms with van der Waals surface area (Å²) in [6, 6.07) is 3.56. The van der Waals surface area contributed by atoms with Crippen molar-refractivity contribution in [1.29, 1.82) is 0 Å². The van der Waals surface area contributed by atoms with Gasteiger partial charge in [0.25, 0.3) is 5.91 Å². The average Bonchev–Trinajstić information content (AvgIpc) is 3.09. The van der Waals surface area contributed by atoms with Crippen molar-refractivity contribution in [2.24, 2.45) is 10.9 Å². The zero-order valence-corrected chi connectivity index (χ0v) is 16.0. The van der Waals surface area contributed by atoms with Crippen molar-refractivity contribution < 1.29 is 14.3 Å². The number of nitrogens with one attached hydrogen (secondary N) is 1. The fraction of sp³-hybridized carbons (Fsp3) is 0.474. The molecule has 1 aliphatic heterocycles. The number of methoxy groups -OCH3 is 1. The first-order valence-corrected chi connectivity index (χ1v) is 8.74. The van der Waals surface area contributed by atoms with Gasteiger partial charge in [-0.3, -0.25) is 9.79 Å². The molecule has 7 nitrogen and oxygen atoms in total. The molecule has 1 aromatic heterocycles. The van der Waals surface area contributed by atoms with E-state index >= 15 is 0 Å². The Kier molecular flexibility index (Phi) is 4.34. The summed E-state index contributed by atoms with van der Waals surface area (Å²) in [5.74, 6) is 0.554. The minimum atomic E-state index is -0.882. The van der Waals surface area contributed by atoms with E-state index in [1.165, 1.54) is 7.11 Å². The number of imidazole rings is 1. The highest BCUT2D eigenvalue weighted by Crippen LogP contribution is 2.31. The minimum absolute atomic E-state index is 0.00992. The van der Waals surface area contributed by atoms with Gasteiger partial charge in [0.15, 0.2) is 0 Å². The van der Waals surface area contributed by atoms with Crippen molar-refractivity contribution in [1.82, 2.24) is 14.9 Å². The molecule has 0 spiro atoms. The van der Waals surface area contributed by atoms with Crippen LogP contribution in [0.25, 0.3) is 11.0 Å². The Bertz CT molecular complexity index is 942. The van der Waals surface area contributed by atoms with Gasteiger partial charge in [-0.05, 0) is 38.8 Å². The Hall–Kier alpha value is -2.70. The van der Waals surface area contributed by atoms with E-state index in [-0.39, 0.29) is 11.8 Å². The van der Waals surface area contributed by atoms with Crippen molar-refractivity contribution in [3.8, 4) is 0 Å². The van der Waals surface area contributed by atoms with Gasteiger partial charge in [0.05, 0.1) is 23.8 Å². The lowest BCUT2D eigenvalue weighted by atomic mass is 9.89. The van der Waals surface area contributed by atoms with E-state index in [4.69, 9.17) is 4.74 Å². The molecule has 7 heteroatoms. The fourth-order valence-corrected chi connectivity index (χ4v) is 3.28. The maximum Gasteiger partial charge on any atom is 0.338 e. The van der Waals surface area contributed by atoms with Gasteiger partial charge >= 0.3 is 5.97 Å². The van der Waals surface area contributed by atoms with Crippen LogP contribution in [-0.2, 0) is 16.1 Å². The standard InChI is InChI=1S/C19H24N4O3/c1-7-23-11(4)20-15-13(23)9-8-12(17(24)26-6)14(15)16-21-18(25)19(5,22-16)10(2)3/h8-10H,7H2,1-6H3,(H,21,22,25). The van der Waals surface area contributed by atoms with Crippen LogP contribution in [0.5, 0.6) is 0 Å². The molecule has 0 radical (unpaired) electrons. The number of amidine groups is 1. The second-order valence-corrected chi connectivity index (χ2v) is 6.97. The summed E-state index contributed by atoms with van der Waals surface area (Å²) in [7, 11) is 1.33. The smallest absolute Gasteiger partial charge is 0.338 e. The van der Waals surface area contributed by atoms with Crippen molar-refractivity contribution >= 4 is 28.7 Å². The molecule has 1 amide bonds.